The number of benzene rings is 2. The van der Waals surface area contributed by atoms with Crippen LogP contribution in [0.25, 0.3) is 0 Å². The summed E-state index contributed by atoms with van der Waals surface area (Å²) in [6.45, 7) is -0.0723. The molecule has 0 aliphatic carbocycles. The van der Waals surface area contributed by atoms with E-state index in [0.29, 0.717) is 16.1 Å². The van der Waals surface area contributed by atoms with Crippen LogP contribution in [0.2, 0.25) is 0 Å². The molecule has 1 aliphatic rings. The molecule has 4 rings (SSSR count). The summed E-state index contributed by atoms with van der Waals surface area (Å²) in [6, 6.07) is 14.4. The van der Waals surface area contributed by atoms with Gasteiger partial charge in [0.1, 0.15) is 5.01 Å². The van der Waals surface area contributed by atoms with Crippen LogP contribution in [0.4, 0.5) is 5.13 Å². The minimum Gasteiger partial charge on any atom is -0.269 e. The topological polar surface area (TPSA) is 109 Å². The fourth-order valence-electron chi connectivity index (χ4n) is 2.65. The molecule has 2 amide bonds. The minimum absolute atomic E-state index is 0.0606. The minimum atomic E-state index is -3.78. The maximum absolute atomic E-state index is 12.4. The van der Waals surface area contributed by atoms with Gasteiger partial charge >= 0.3 is 0 Å². The number of anilines is 1. The van der Waals surface area contributed by atoms with Crippen molar-refractivity contribution < 1.29 is 18.0 Å². The quantitative estimate of drug-likeness (QED) is 0.657. The third-order valence-electron chi connectivity index (χ3n) is 3.91. The van der Waals surface area contributed by atoms with Crippen molar-refractivity contribution in [2.24, 2.45) is 0 Å². The van der Waals surface area contributed by atoms with Gasteiger partial charge in [-0.2, -0.15) is 0 Å². The number of rotatable bonds is 5. The average Bonchev–Trinajstić information content (AvgIpc) is 3.21. The molecule has 0 unspecified atom stereocenters. The van der Waals surface area contributed by atoms with E-state index in [1.807, 2.05) is 0 Å². The predicted molar refractivity (Wildman–Crippen MR) is 97.8 cm³/mol. The molecule has 27 heavy (non-hydrogen) atoms. The van der Waals surface area contributed by atoms with Gasteiger partial charge in [-0.15, -0.1) is 10.2 Å². The molecule has 3 aromatic rings. The van der Waals surface area contributed by atoms with Gasteiger partial charge in [0.25, 0.3) is 21.8 Å². The maximum Gasteiger partial charge on any atom is 0.263 e. The Kier molecular flexibility index (Phi) is 4.21. The van der Waals surface area contributed by atoms with Crippen molar-refractivity contribution in [3.8, 4) is 0 Å². The van der Waals surface area contributed by atoms with E-state index in [2.05, 4.69) is 14.9 Å². The molecule has 0 atom stereocenters. The van der Waals surface area contributed by atoms with Crippen LogP contribution < -0.4 is 4.72 Å². The highest BCUT2D eigenvalue weighted by molar-refractivity contribution is 7.93. The number of nitrogens with one attached hydrogen (secondary N) is 1. The largest absolute Gasteiger partial charge is 0.269 e. The smallest absolute Gasteiger partial charge is 0.263 e. The first-order valence-corrected chi connectivity index (χ1v) is 10.1. The van der Waals surface area contributed by atoms with Gasteiger partial charge < -0.3 is 0 Å². The number of fused-ring (bicyclic) bond motifs is 1. The van der Waals surface area contributed by atoms with E-state index in [9.17, 15) is 18.0 Å². The van der Waals surface area contributed by atoms with Gasteiger partial charge in [-0.3, -0.25) is 19.2 Å². The summed E-state index contributed by atoms with van der Waals surface area (Å²) in [6.07, 6.45) is 0. The SMILES string of the molecule is O=C1c2ccccc2C(=O)N1Cc1nnc(NS(=O)(=O)c2ccccc2)s1. The summed E-state index contributed by atoms with van der Waals surface area (Å²) in [5.41, 5.74) is 0.689. The normalized spacial score (nSPS) is 13.7. The van der Waals surface area contributed by atoms with Crippen molar-refractivity contribution in [2.45, 2.75) is 11.4 Å². The van der Waals surface area contributed by atoms with Crippen LogP contribution in [0.3, 0.4) is 0 Å². The Morgan fingerprint density at radius 2 is 1.48 bits per heavy atom. The molecule has 2 heterocycles. The van der Waals surface area contributed by atoms with E-state index in [1.165, 1.54) is 12.1 Å². The lowest BCUT2D eigenvalue weighted by Gasteiger charge is -2.10. The second-order valence-electron chi connectivity index (χ2n) is 5.66. The van der Waals surface area contributed by atoms with Crippen LogP contribution in [0.5, 0.6) is 0 Å². The molecule has 0 saturated heterocycles. The number of sulfonamides is 1. The summed E-state index contributed by atoms with van der Waals surface area (Å²) >= 11 is 0.965. The van der Waals surface area contributed by atoms with E-state index < -0.39 is 21.8 Å². The second kappa shape index (κ2) is 6.56. The second-order valence-corrected chi connectivity index (χ2v) is 8.41. The van der Waals surface area contributed by atoms with Crippen LogP contribution in [-0.2, 0) is 16.6 Å². The molecule has 0 bridgehead atoms. The molecule has 1 aromatic heterocycles. The van der Waals surface area contributed by atoms with Crippen molar-refractivity contribution in [2.75, 3.05) is 4.72 Å². The fraction of sp³-hybridized carbons (Fsp3) is 0.0588. The molecule has 0 saturated carbocycles. The van der Waals surface area contributed by atoms with Gasteiger partial charge in [0.2, 0.25) is 5.13 Å². The third-order valence-corrected chi connectivity index (χ3v) is 6.22. The number of aromatic nitrogens is 2. The van der Waals surface area contributed by atoms with Gasteiger partial charge in [0, 0.05) is 0 Å². The Hall–Kier alpha value is -3.11. The molecule has 0 spiro atoms. The Bertz CT molecular complexity index is 1110. The van der Waals surface area contributed by atoms with Gasteiger partial charge in [-0.1, -0.05) is 41.7 Å². The zero-order valence-corrected chi connectivity index (χ0v) is 15.3. The Morgan fingerprint density at radius 1 is 0.889 bits per heavy atom. The molecular formula is C17H12N4O4S2. The number of hydrogen-bond acceptors (Lipinski definition) is 7. The maximum atomic E-state index is 12.4. The van der Waals surface area contributed by atoms with Crippen molar-refractivity contribution in [3.05, 3.63) is 70.7 Å². The lowest BCUT2D eigenvalue weighted by Crippen LogP contribution is -2.29. The van der Waals surface area contributed by atoms with Crippen molar-refractivity contribution in [1.29, 1.82) is 0 Å². The highest BCUT2D eigenvalue weighted by atomic mass is 32.2. The number of amides is 2. The van der Waals surface area contributed by atoms with Crippen LogP contribution in [0.15, 0.2) is 59.5 Å². The van der Waals surface area contributed by atoms with Crippen molar-refractivity contribution in [3.63, 3.8) is 0 Å². The van der Waals surface area contributed by atoms with Gasteiger partial charge in [0.05, 0.1) is 22.6 Å². The summed E-state index contributed by atoms with van der Waals surface area (Å²) in [7, 11) is -3.78. The van der Waals surface area contributed by atoms with Crippen LogP contribution in [0, 0.1) is 0 Å². The summed E-state index contributed by atoms with van der Waals surface area (Å²) < 4.78 is 27.0. The van der Waals surface area contributed by atoms with E-state index in [-0.39, 0.29) is 16.6 Å². The number of nitrogens with zero attached hydrogens (tertiary/aromatic N) is 3. The van der Waals surface area contributed by atoms with Crippen LogP contribution in [-0.4, -0.2) is 35.3 Å². The van der Waals surface area contributed by atoms with E-state index in [0.717, 1.165) is 16.2 Å². The monoisotopic (exact) mass is 400 g/mol. The van der Waals surface area contributed by atoms with Crippen LogP contribution >= 0.6 is 11.3 Å². The summed E-state index contributed by atoms with van der Waals surface area (Å²) in [5.74, 6) is -0.811. The molecule has 10 heteroatoms. The van der Waals surface area contributed by atoms with Gasteiger partial charge in [-0.05, 0) is 24.3 Å². The molecule has 8 nitrogen and oxygen atoms in total. The Balaban J connectivity index is 1.51. The highest BCUT2D eigenvalue weighted by Gasteiger charge is 2.35. The number of carbonyl (C=O) groups excluding carboxylic acids is 2. The predicted octanol–water partition coefficient (Wildman–Crippen LogP) is 2.14. The standard InChI is InChI=1S/C17H12N4O4S2/c22-15-12-8-4-5-9-13(12)16(23)21(15)10-14-18-19-17(26-14)20-27(24,25)11-6-2-1-3-7-11/h1-9H,10H2,(H,19,20). The highest BCUT2D eigenvalue weighted by Crippen LogP contribution is 2.26. The van der Waals surface area contributed by atoms with Gasteiger partial charge in [-0.25, -0.2) is 8.42 Å². The lowest BCUT2D eigenvalue weighted by molar-refractivity contribution is 0.0642. The first-order chi connectivity index (χ1) is 13.0. The number of hydrogen-bond donors (Lipinski definition) is 1. The summed E-state index contributed by atoms with van der Waals surface area (Å²) in [5, 5.41) is 8.09. The lowest BCUT2D eigenvalue weighted by atomic mass is 10.1. The van der Waals surface area contributed by atoms with Gasteiger partial charge in [0.15, 0.2) is 0 Å². The van der Waals surface area contributed by atoms with Crippen molar-refractivity contribution in [1.82, 2.24) is 15.1 Å². The Labute approximate surface area is 158 Å². The Morgan fingerprint density at radius 3 is 2.11 bits per heavy atom. The summed E-state index contributed by atoms with van der Waals surface area (Å²) in [4.78, 5) is 25.9. The van der Waals surface area contributed by atoms with E-state index in [1.54, 1.807) is 42.5 Å². The van der Waals surface area contributed by atoms with E-state index in [4.69, 9.17) is 0 Å². The van der Waals surface area contributed by atoms with Crippen molar-refractivity contribution >= 4 is 38.3 Å². The molecule has 2 aromatic carbocycles. The molecule has 1 aliphatic heterocycles. The average molecular weight is 400 g/mol. The van der Waals surface area contributed by atoms with Crippen LogP contribution in [0.1, 0.15) is 25.7 Å². The van der Waals surface area contributed by atoms with E-state index >= 15 is 0 Å². The number of carbonyl (C=O) groups is 2. The number of imide groups is 1. The zero-order chi connectivity index (χ0) is 19.0. The molecular weight excluding hydrogens is 388 g/mol. The first kappa shape index (κ1) is 17.3. The first-order valence-electron chi connectivity index (χ1n) is 7.81. The molecule has 0 radical (unpaired) electrons. The fourth-order valence-corrected chi connectivity index (χ4v) is 4.63. The zero-order valence-electron chi connectivity index (χ0n) is 13.7. The molecule has 136 valence electrons. The molecule has 0 fully saturated rings. The molecule has 1 N–H and O–H groups in total. The third kappa shape index (κ3) is 3.20.